The highest BCUT2D eigenvalue weighted by Gasteiger charge is 2.24. The third-order valence-electron chi connectivity index (χ3n) is 3.87. The minimum Gasteiger partial charge on any atom is -0.301 e. The molecule has 1 fully saturated rings. The molecule has 1 aromatic rings. The third-order valence-corrected chi connectivity index (χ3v) is 3.87. The molecule has 2 rings (SSSR count). The van der Waals surface area contributed by atoms with E-state index in [-0.39, 0.29) is 11.3 Å². The highest BCUT2D eigenvalue weighted by atomic mass is 19.1. The summed E-state index contributed by atoms with van der Waals surface area (Å²) in [5, 5.41) is 0. The molecule has 0 saturated carbocycles. The molecule has 0 aliphatic carbocycles. The van der Waals surface area contributed by atoms with Crippen LogP contribution in [0.5, 0.6) is 0 Å². The summed E-state index contributed by atoms with van der Waals surface area (Å²) >= 11 is 0. The van der Waals surface area contributed by atoms with Crippen LogP contribution in [0.15, 0.2) is 24.3 Å². The van der Waals surface area contributed by atoms with Gasteiger partial charge in [-0.25, -0.2) is 4.39 Å². The summed E-state index contributed by atoms with van der Waals surface area (Å²) in [6, 6.07) is 6.70. The van der Waals surface area contributed by atoms with Crippen LogP contribution in [0.2, 0.25) is 0 Å². The van der Waals surface area contributed by atoms with Crippen LogP contribution < -0.4 is 0 Å². The average Bonchev–Trinajstić information content (AvgIpc) is 2.41. The number of benzene rings is 1. The molecule has 19 heavy (non-hydrogen) atoms. The second-order valence-corrected chi connectivity index (χ2v) is 5.18. The molecule has 0 bridgehead atoms. The van der Waals surface area contributed by atoms with Gasteiger partial charge < -0.3 is 4.90 Å². The lowest BCUT2D eigenvalue weighted by molar-refractivity contribution is 0.0740. The van der Waals surface area contributed by atoms with E-state index in [0.717, 1.165) is 26.1 Å². The molecular weight excluding hydrogens is 243 g/mol. The Balaban J connectivity index is 1.98. The van der Waals surface area contributed by atoms with E-state index in [4.69, 9.17) is 0 Å². The lowest BCUT2D eigenvalue weighted by Gasteiger charge is -2.38. The van der Waals surface area contributed by atoms with Crippen molar-refractivity contribution in [1.82, 2.24) is 9.80 Å². The Morgan fingerprint density at radius 1 is 1.37 bits per heavy atom. The van der Waals surface area contributed by atoms with Crippen molar-refractivity contribution in [2.75, 3.05) is 33.2 Å². The molecule has 0 radical (unpaired) electrons. The van der Waals surface area contributed by atoms with Gasteiger partial charge in [0.25, 0.3) is 0 Å². The Bertz CT molecular complexity index is 450. The zero-order valence-electron chi connectivity index (χ0n) is 11.6. The maximum atomic E-state index is 13.6. The first kappa shape index (κ1) is 14.2. The summed E-state index contributed by atoms with van der Waals surface area (Å²) in [6.07, 6.45) is 1.07. The Morgan fingerprint density at radius 3 is 2.79 bits per heavy atom. The number of hydrogen-bond donors (Lipinski definition) is 0. The molecule has 1 unspecified atom stereocenters. The van der Waals surface area contributed by atoms with Crippen molar-refractivity contribution in [1.29, 1.82) is 0 Å². The number of likely N-dealkylation sites (N-methyl/N-ethyl adjacent to an activating group) is 1. The Labute approximate surface area is 114 Å². The van der Waals surface area contributed by atoms with Crippen molar-refractivity contribution in [3.8, 4) is 0 Å². The van der Waals surface area contributed by atoms with Crippen molar-refractivity contribution in [3.63, 3.8) is 0 Å². The molecule has 1 saturated heterocycles. The number of carbonyl (C=O) groups is 1. The SMILES string of the molecule is CCC1CN(CC(=O)c2ccccc2F)CCN1C. The summed E-state index contributed by atoms with van der Waals surface area (Å²) < 4.78 is 13.6. The Hall–Kier alpha value is -1.26. The van der Waals surface area contributed by atoms with Crippen LogP contribution in [-0.4, -0.2) is 54.9 Å². The first-order chi connectivity index (χ1) is 9.11. The van der Waals surface area contributed by atoms with Crippen LogP contribution in [0.4, 0.5) is 4.39 Å². The predicted octanol–water partition coefficient (Wildman–Crippen LogP) is 2.03. The number of carbonyl (C=O) groups excluding carboxylic acids is 1. The van der Waals surface area contributed by atoms with Gasteiger partial charge in [-0.1, -0.05) is 19.1 Å². The van der Waals surface area contributed by atoms with Crippen molar-refractivity contribution < 1.29 is 9.18 Å². The van der Waals surface area contributed by atoms with E-state index in [2.05, 4.69) is 23.8 Å². The molecule has 1 heterocycles. The number of halogens is 1. The fourth-order valence-corrected chi connectivity index (χ4v) is 2.57. The van der Waals surface area contributed by atoms with E-state index in [1.807, 2.05) is 0 Å². The van der Waals surface area contributed by atoms with Crippen LogP contribution in [0.1, 0.15) is 23.7 Å². The van der Waals surface area contributed by atoms with Crippen molar-refractivity contribution in [2.24, 2.45) is 0 Å². The fraction of sp³-hybridized carbons (Fsp3) is 0.533. The number of nitrogens with zero attached hydrogens (tertiary/aromatic N) is 2. The zero-order chi connectivity index (χ0) is 13.8. The second kappa shape index (κ2) is 6.26. The van der Waals surface area contributed by atoms with Crippen LogP contribution in [-0.2, 0) is 0 Å². The highest BCUT2D eigenvalue weighted by Crippen LogP contribution is 2.13. The van der Waals surface area contributed by atoms with Gasteiger partial charge in [-0.3, -0.25) is 9.69 Å². The van der Waals surface area contributed by atoms with Crippen molar-refractivity contribution >= 4 is 5.78 Å². The minimum atomic E-state index is -0.423. The van der Waals surface area contributed by atoms with E-state index in [1.165, 1.54) is 6.07 Å². The van der Waals surface area contributed by atoms with Crippen LogP contribution in [0.3, 0.4) is 0 Å². The van der Waals surface area contributed by atoms with E-state index in [0.29, 0.717) is 12.6 Å². The van der Waals surface area contributed by atoms with Crippen LogP contribution in [0.25, 0.3) is 0 Å². The molecule has 0 aromatic heterocycles. The molecular formula is C15H21FN2O. The molecule has 1 aliphatic rings. The van der Waals surface area contributed by atoms with E-state index in [1.54, 1.807) is 18.2 Å². The molecule has 4 heteroatoms. The molecule has 0 spiro atoms. The standard InChI is InChI=1S/C15H21FN2O/c1-3-12-10-18(9-8-17(12)2)11-15(19)13-6-4-5-7-14(13)16/h4-7,12H,3,8-11H2,1-2H3. The van der Waals surface area contributed by atoms with Gasteiger partial charge in [0, 0.05) is 25.7 Å². The van der Waals surface area contributed by atoms with Gasteiger partial charge in [0.05, 0.1) is 12.1 Å². The topological polar surface area (TPSA) is 23.6 Å². The van der Waals surface area contributed by atoms with E-state index >= 15 is 0 Å². The quantitative estimate of drug-likeness (QED) is 0.778. The summed E-state index contributed by atoms with van der Waals surface area (Å²) in [5.41, 5.74) is 0.203. The lowest BCUT2D eigenvalue weighted by Crippen LogP contribution is -2.52. The van der Waals surface area contributed by atoms with Gasteiger partial charge in [-0.05, 0) is 25.6 Å². The molecule has 0 N–H and O–H groups in total. The number of ketones is 1. The van der Waals surface area contributed by atoms with Gasteiger partial charge in [-0.2, -0.15) is 0 Å². The number of hydrogen-bond acceptors (Lipinski definition) is 3. The van der Waals surface area contributed by atoms with Gasteiger partial charge in [0.15, 0.2) is 5.78 Å². The highest BCUT2D eigenvalue weighted by molar-refractivity contribution is 5.97. The largest absolute Gasteiger partial charge is 0.301 e. The summed E-state index contributed by atoms with van der Waals surface area (Å²) in [5.74, 6) is -0.550. The lowest BCUT2D eigenvalue weighted by atomic mass is 10.1. The molecule has 0 amide bonds. The van der Waals surface area contributed by atoms with Gasteiger partial charge in [-0.15, -0.1) is 0 Å². The number of rotatable bonds is 4. The molecule has 1 aromatic carbocycles. The van der Waals surface area contributed by atoms with Gasteiger partial charge >= 0.3 is 0 Å². The smallest absolute Gasteiger partial charge is 0.179 e. The predicted molar refractivity (Wildman–Crippen MR) is 73.9 cm³/mol. The first-order valence-corrected chi connectivity index (χ1v) is 6.82. The molecule has 104 valence electrons. The summed E-state index contributed by atoms with van der Waals surface area (Å²) in [7, 11) is 2.12. The molecule has 1 atom stereocenters. The minimum absolute atomic E-state index is 0.127. The number of piperazine rings is 1. The maximum Gasteiger partial charge on any atom is 0.179 e. The van der Waals surface area contributed by atoms with Gasteiger partial charge in [0.2, 0.25) is 0 Å². The Kier molecular flexibility index (Phi) is 4.66. The third kappa shape index (κ3) is 3.39. The average molecular weight is 264 g/mol. The normalized spacial score (nSPS) is 21.5. The zero-order valence-corrected chi connectivity index (χ0v) is 11.6. The maximum absolute atomic E-state index is 13.6. The first-order valence-electron chi connectivity index (χ1n) is 6.82. The van der Waals surface area contributed by atoms with E-state index in [9.17, 15) is 9.18 Å². The summed E-state index contributed by atoms with van der Waals surface area (Å²) in [4.78, 5) is 16.6. The monoisotopic (exact) mass is 264 g/mol. The van der Waals surface area contributed by atoms with Crippen molar-refractivity contribution in [2.45, 2.75) is 19.4 Å². The van der Waals surface area contributed by atoms with Gasteiger partial charge in [0.1, 0.15) is 5.82 Å². The molecule has 1 aliphatic heterocycles. The number of Topliss-reactive ketones (excluding diaryl/α,β-unsaturated/α-hetero) is 1. The fourth-order valence-electron chi connectivity index (χ4n) is 2.57. The van der Waals surface area contributed by atoms with Crippen LogP contribution in [0, 0.1) is 5.82 Å². The Morgan fingerprint density at radius 2 is 2.11 bits per heavy atom. The van der Waals surface area contributed by atoms with Crippen LogP contribution >= 0.6 is 0 Å². The van der Waals surface area contributed by atoms with Crippen molar-refractivity contribution in [3.05, 3.63) is 35.6 Å². The summed E-state index contributed by atoms with van der Waals surface area (Å²) in [6.45, 7) is 5.18. The second-order valence-electron chi connectivity index (χ2n) is 5.18. The van der Waals surface area contributed by atoms with E-state index < -0.39 is 5.82 Å². The molecule has 3 nitrogen and oxygen atoms in total.